The summed E-state index contributed by atoms with van der Waals surface area (Å²) < 4.78 is 33.8. The number of aliphatic hydroxyl groups is 1. The van der Waals surface area contributed by atoms with Crippen LogP contribution in [0.2, 0.25) is 0 Å². The van der Waals surface area contributed by atoms with E-state index < -0.39 is 6.61 Å². The Labute approximate surface area is 222 Å². The fourth-order valence-corrected chi connectivity index (χ4v) is 4.77. The Balaban J connectivity index is 1.44. The number of piperidine rings is 1. The van der Waals surface area contributed by atoms with E-state index in [0.717, 1.165) is 12.0 Å². The molecule has 0 aliphatic carbocycles. The van der Waals surface area contributed by atoms with Crippen LogP contribution in [0.4, 0.5) is 14.7 Å². The van der Waals surface area contributed by atoms with Crippen LogP contribution < -0.4 is 15.6 Å². The number of halogens is 2. The average Bonchev–Trinajstić information content (AvgIpc) is 3.16. The molecule has 0 radical (unpaired) electrons. The van der Waals surface area contributed by atoms with Gasteiger partial charge in [0.15, 0.2) is 0 Å². The van der Waals surface area contributed by atoms with Crippen LogP contribution in [-0.2, 0) is 25.0 Å². The maximum Gasteiger partial charge on any atom is 0.387 e. The lowest BCUT2D eigenvalue weighted by Gasteiger charge is -2.29. The van der Waals surface area contributed by atoms with Gasteiger partial charge in [-0.3, -0.25) is 19.0 Å². The summed E-state index contributed by atoms with van der Waals surface area (Å²) in [6.07, 6.45) is 4.52. The van der Waals surface area contributed by atoms with Crippen LogP contribution in [-0.4, -0.2) is 61.5 Å². The summed E-state index contributed by atoms with van der Waals surface area (Å²) in [5.74, 6) is 0.470. The number of carbonyl (C=O) groups is 1. The van der Waals surface area contributed by atoms with Crippen LogP contribution in [0.5, 0.6) is 5.75 Å². The van der Waals surface area contributed by atoms with Crippen LogP contribution in [0, 0.1) is 0 Å². The molecule has 0 bridgehead atoms. The maximum absolute atomic E-state index is 13.0. The Morgan fingerprint density at radius 1 is 1.10 bits per heavy atom. The van der Waals surface area contributed by atoms with Gasteiger partial charge in [0, 0.05) is 56.6 Å². The van der Waals surface area contributed by atoms with Crippen LogP contribution in [0.3, 0.4) is 0 Å². The second kappa shape index (κ2) is 10.8. The quantitative estimate of drug-likeness (QED) is 0.355. The van der Waals surface area contributed by atoms with Gasteiger partial charge in [-0.1, -0.05) is 12.1 Å². The third-order valence-electron chi connectivity index (χ3n) is 6.98. The normalized spacial score (nSPS) is 15.8. The zero-order chi connectivity index (χ0) is 27.7. The first kappa shape index (κ1) is 26.3. The van der Waals surface area contributed by atoms with Gasteiger partial charge in [-0.15, -0.1) is 0 Å². The minimum absolute atomic E-state index is 0.0297. The number of nitrogens with one attached hydrogen (secondary N) is 1. The summed E-state index contributed by atoms with van der Waals surface area (Å²) in [4.78, 5) is 35.4. The third kappa shape index (κ3) is 5.46. The molecule has 5 rings (SSSR count). The number of amides is 1. The number of fused-ring (bicyclic) bond motifs is 1. The van der Waals surface area contributed by atoms with E-state index in [1.165, 1.54) is 16.8 Å². The minimum Gasteiger partial charge on any atom is -0.434 e. The molecule has 4 aromatic rings. The lowest BCUT2D eigenvalue weighted by Crippen LogP contribution is -2.41. The van der Waals surface area contributed by atoms with Crippen molar-refractivity contribution < 1.29 is 23.4 Å². The number of hydrogen-bond acceptors (Lipinski definition) is 7. The van der Waals surface area contributed by atoms with Crippen molar-refractivity contribution in [2.24, 2.45) is 7.05 Å². The zero-order valence-corrected chi connectivity index (χ0v) is 21.5. The first-order valence-electron chi connectivity index (χ1n) is 12.4. The highest BCUT2D eigenvalue weighted by molar-refractivity contribution is 5.84. The highest BCUT2D eigenvalue weighted by Gasteiger charge is 2.23. The summed E-state index contributed by atoms with van der Waals surface area (Å²) in [6, 6.07) is 9.77. The van der Waals surface area contributed by atoms with E-state index in [1.54, 1.807) is 54.3 Å². The smallest absolute Gasteiger partial charge is 0.387 e. The van der Waals surface area contributed by atoms with Crippen LogP contribution in [0.15, 0.2) is 53.6 Å². The van der Waals surface area contributed by atoms with Gasteiger partial charge in [-0.2, -0.15) is 8.78 Å². The molecule has 1 unspecified atom stereocenters. The number of aliphatic hydroxyl groups excluding tert-OH is 1. The molecular formula is C27H28F2N6O4. The number of carbonyl (C=O) groups excluding carboxylic acids is 1. The molecule has 2 aromatic carbocycles. The van der Waals surface area contributed by atoms with E-state index >= 15 is 0 Å². The maximum atomic E-state index is 13.0. The summed E-state index contributed by atoms with van der Waals surface area (Å²) >= 11 is 0. The molecule has 12 heteroatoms. The van der Waals surface area contributed by atoms with Crippen molar-refractivity contribution >= 4 is 22.8 Å². The lowest BCUT2D eigenvalue weighted by atomic mass is 10.1. The Hall–Kier alpha value is -4.32. The molecule has 2 aromatic heterocycles. The third-order valence-corrected chi connectivity index (χ3v) is 6.98. The number of nitrogens with zero attached hydrogens (tertiary/aromatic N) is 5. The van der Waals surface area contributed by atoms with Crippen molar-refractivity contribution in [1.82, 2.24) is 24.2 Å². The number of likely N-dealkylation sites (tertiary alicyclic amines) is 1. The van der Waals surface area contributed by atoms with Crippen LogP contribution >= 0.6 is 0 Å². The van der Waals surface area contributed by atoms with Gasteiger partial charge in [0.25, 0.3) is 5.56 Å². The van der Waals surface area contributed by atoms with Crippen LogP contribution in [0.25, 0.3) is 22.0 Å². The van der Waals surface area contributed by atoms with Crippen molar-refractivity contribution in [2.45, 2.75) is 38.6 Å². The molecule has 1 saturated heterocycles. The molecule has 1 amide bonds. The highest BCUT2D eigenvalue weighted by Crippen LogP contribution is 2.27. The zero-order valence-electron chi connectivity index (χ0n) is 21.5. The molecule has 10 nitrogen and oxygen atoms in total. The summed E-state index contributed by atoms with van der Waals surface area (Å²) in [7, 11) is 3.39. The number of benzene rings is 2. The number of ether oxygens (including phenoxy) is 1. The fourth-order valence-electron chi connectivity index (χ4n) is 4.77. The lowest BCUT2D eigenvalue weighted by molar-refractivity contribution is -0.132. The molecule has 1 fully saturated rings. The SMILES string of the molecule is CN1CCC(Nc2ncc(-c3ccc4c(=O)n(C)n(Cc5cc(CO)ccc5OC(F)F)c4c3)cn2)CC1=O. The molecule has 0 spiro atoms. The topological polar surface area (TPSA) is 115 Å². The molecule has 0 saturated carbocycles. The van der Waals surface area contributed by atoms with Gasteiger partial charge in [0.05, 0.1) is 24.1 Å². The first-order valence-corrected chi connectivity index (χ1v) is 12.4. The Morgan fingerprint density at radius 2 is 1.87 bits per heavy atom. The van der Waals surface area contributed by atoms with E-state index in [1.807, 2.05) is 6.07 Å². The summed E-state index contributed by atoms with van der Waals surface area (Å²) in [5, 5.41) is 13.2. The van der Waals surface area contributed by atoms with Gasteiger partial charge in [0.1, 0.15) is 5.75 Å². The largest absolute Gasteiger partial charge is 0.434 e. The highest BCUT2D eigenvalue weighted by atomic mass is 19.3. The summed E-state index contributed by atoms with van der Waals surface area (Å²) in [5.41, 5.74) is 2.75. The Kier molecular flexibility index (Phi) is 7.29. The van der Waals surface area contributed by atoms with Gasteiger partial charge in [-0.05, 0) is 41.8 Å². The number of aromatic nitrogens is 4. The Bertz CT molecular complexity index is 1570. The second-order valence-corrected chi connectivity index (χ2v) is 9.54. The summed E-state index contributed by atoms with van der Waals surface area (Å²) in [6.45, 7) is -2.55. The molecule has 2 N–H and O–H groups in total. The van der Waals surface area contributed by atoms with Crippen molar-refractivity contribution in [1.29, 1.82) is 0 Å². The number of rotatable bonds is 8. The van der Waals surface area contributed by atoms with E-state index in [2.05, 4.69) is 20.0 Å². The van der Waals surface area contributed by atoms with Crippen LogP contribution in [0.1, 0.15) is 24.0 Å². The standard InChI is InChI=1S/C27H28F2N6O4/c1-33-8-7-20(11-24(33)37)32-27-30-12-19(13-31-27)17-4-5-21-22(10-17)35(34(2)25(21)38)14-18-9-16(15-36)3-6-23(18)39-26(28)29/h3-6,9-10,12-13,20,26,36H,7-8,11,14-15H2,1-2H3,(H,30,31,32). The molecule has 3 heterocycles. The van der Waals surface area contributed by atoms with Gasteiger partial charge < -0.3 is 20.1 Å². The van der Waals surface area contributed by atoms with Crippen molar-refractivity contribution in [3.63, 3.8) is 0 Å². The van der Waals surface area contributed by atoms with Crippen molar-refractivity contribution in [3.05, 3.63) is 70.3 Å². The average molecular weight is 539 g/mol. The minimum atomic E-state index is -3.02. The number of alkyl halides is 2. The molecule has 1 aliphatic heterocycles. The monoisotopic (exact) mass is 538 g/mol. The van der Waals surface area contributed by atoms with Gasteiger partial charge in [0.2, 0.25) is 11.9 Å². The fraction of sp³-hybridized carbons (Fsp3) is 0.333. The van der Waals surface area contributed by atoms with E-state index in [-0.39, 0.29) is 36.4 Å². The number of hydrogen-bond donors (Lipinski definition) is 2. The predicted octanol–water partition coefficient (Wildman–Crippen LogP) is 2.97. The van der Waals surface area contributed by atoms with Crippen molar-refractivity contribution in [2.75, 3.05) is 18.9 Å². The Morgan fingerprint density at radius 3 is 2.56 bits per heavy atom. The predicted molar refractivity (Wildman–Crippen MR) is 141 cm³/mol. The molecule has 1 aliphatic rings. The molecular weight excluding hydrogens is 510 g/mol. The van der Waals surface area contributed by atoms with E-state index in [0.29, 0.717) is 46.5 Å². The van der Waals surface area contributed by atoms with E-state index in [4.69, 9.17) is 0 Å². The van der Waals surface area contributed by atoms with E-state index in [9.17, 15) is 23.5 Å². The first-order chi connectivity index (χ1) is 18.7. The second-order valence-electron chi connectivity index (χ2n) is 9.54. The van der Waals surface area contributed by atoms with Gasteiger partial charge in [-0.25, -0.2) is 9.97 Å². The van der Waals surface area contributed by atoms with Crippen molar-refractivity contribution in [3.8, 4) is 16.9 Å². The van der Waals surface area contributed by atoms with Gasteiger partial charge >= 0.3 is 6.61 Å². The number of anilines is 1. The molecule has 39 heavy (non-hydrogen) atoms. The molecule has 204 valence electrons. The molecule has 1 atom stereocenters.